The molecular formula is C31H31ClN4O6. The van der Waals surface area contributed by atoms with Gasteiger partial charge in [-0.2, -0.15) is 0 Å². The van der Waals surface area contributed by atoms with E-state index >= 15 is 0 Å². The van der Waals surface area contributed by atoms with Crippen molar-refractivity contribution in [2.75, 3.05) is 19.0 Å². The van der Waals surface area contributed by atoms with E-state index in [0.29, 0.717) is 41.7 Å². The quantitative estimate of drug-likeness (QED) is 0.191. The Morgan fingerprint density at radius 3 is 2.33 bits per heavy atom. The molecule has 3 aromatic carbocycles. The first-order valence-corrected chi connectivity index (χ1v) is 13.9. The van der Waals surface area contributed by atoms with Gasteiger partial charge in [0.2, 0.25) is 11.8 Å². The minimum absolute atomic E-state index is 0.0906. The molecule has 0 atom stereocenters. The van der Waals surface area contributed by atoms with Crippen molar-refractivity contribution in [1.82, 2.24) is 14.5 Å². The van der Waals surface area contributed by atoms with Gasteiger partial charge >= 0.3 is 11.7 Å². The van der Waals surface area contributed by atoms with Crippen LogP contribution in [0.25, 0.3) is 10.9 Å². The molecule has 0 aliphatic carbocycles. The Kier molecular flexibility index (Phi) is 10.3. The van der Waals surface area contributed by atoms with E-state index in [1.54, 1.807) is 54.6 Å². The maximum Gasteiger partial charge on any atom is 0.339 e. The van der Waals surface area contributed by atoms with Gasteiger partial charge in [-0.05, 0) is 61.2 Å². The number of methoxy groups -OCH3 is 1. The normalized spacial score (nSPS) is 10.8. The van der Waals surface area contributed by atoms with E-state index in [-0.39, 0.29) is 36.7 Å². The van der Waals surface area contributed by atoms with E-state index in [1.807, 2.05) is 12.1 Å². The zero-order valence-corrected chi connectivity index (χ0v) is 23.9. The third-order valence-corrected chi connectivity index (χ3v) is 6.98. The summed E-state index contributed by atoms with van der Waals surface area (Å²) in [6.07, 6.45) is 1.81. The zero-order valence-electron chi connectivity index (χ0n) is 23.1. The van der Waals surface area contributed by atoms with Crippen LogP contribution in [-0.4, -0.2) is 40.6 Å². The number of amides is 2. The molecule has 0 unspecified atom stereocenters. The van der Waals surface area contributed by atoms with Crippen molar-refractivity contribution >= 4 is 46.0 Å². The Morgan fingerprint density at radius 2 is 1.57 bits per heavy atom. The van der Waals surface area contributed by atoms with Gasteiger partial charge in [-0.1, -0.05) is 48.0 Å². The van der Waals surface area contributed by atoms with Crippen LogP contribution in [0.5, 0.6) is 0 Å². The molecule has 2 amide bonds. The summed E-state index contributed by atoms with van der Waals surface area (Å²) < 4.78 is 7.10. The summed E-state index contributed by atoms with van der Waals surface area (Å²) in [5.74, 6) is -1.28. The van der Waals surface area contributed by atoms with Crippen molar-refractivity contribution in [3.63, 3.8) is 0 Å². The molecule has 0 radical (unpaired) electrons. The van der Waals surface area contributed by atoms with Crippen molar-refractivity contribution in [2.45, 2.75) is 38.8 Å². The van der Waals surface area contributed by atoms with E-state index in [2.05, 4.69) is 10.6 Å². The Balaban J connectivity index is 1.41. The molecule has 2 N–H and O–H groups in total. The van der Waals surface area contributed by atoms with Gasteiger partial charge in [0.25, 0.3) is 5.56 Å². The molecule has 4 rings (SSSR count). The maximum absolute atomic E-state index is 13.4. The number of benzene rings is 3. The number of hydrogen-bond donors (Lipinski definition) is 2. The van der Waals surface area contributed by atoms with Crippen molar-refractivity contribution in [2.24, 2.45) is 0 Å². The van der Waals surface area contributed by atoms with Crippen LogP contribution in [0.4, 0.5) is 5.69 Å². The highest BCUT2D eigenvalue weighted by molar-refractivity contribution is 6.30. The number of rotatable bonds is 12. The van der Waals surface area contributed by atoms with Crippen LogP contribution in [0, 0.1) is 0 Å². The number of carbonyl (C=O) groups is 3. The maximum atomic E-state index is 13.4. The van der Waals surface area contributed by atoms with E-state index < -0.39 is 23.1 Å². The predicted molar refractivity (Wildman–Crippen MR) is 161 cm³/mol. The largest absolute Gasteiger partial charge is 0.465 e. The SMILES string of the molecule is COC(=O)c1ccccc1NC(=O)Cn1c(=O)n(CCCCC(=O)NCCc2ccc(Cl)cc2)c(=O)c2ccccc21. The number of aromatic nitrogens is 2. The highest BCUT2D eigenvalue weighted by atomic mass is 35.5. The number of carbonyl (C=O) groups excluding carboxylic acids is 3. The average molecular weight is 591 g/mol. The Morgan fingerprint density at radius 1 is 0.857 bits per heavy atom. The fraction of sp³-hybridized carbons (Fsp3) is 0.258. The molecule has 0 fully saturated rings. The van der Waals surface area contributed by atoms with Crippen molar-refractivity contribution in [1.29, 1.82) is 0 Å². The van der Waals surface area contributed by atoms with Crippen LogP contribution in [-0.2, 0) is 33.8 Å². The number of ether oxygens (including phenoxy) is 1. The van der Waals surface area contributed by atoms with Crippen molar-refractivity contribution < 1.29 is 19.1 Å². The fourth-order valence-electron chi connectivity index (χ4n) is 4.58. The summed E-state index contributed by atoms with van der Waals surface area (Å²) in [5, 5.41) is 6.48. The average Bonchev–Trinajstić information content (AvgIpc) is 2.99. The first-order valence-electron chi connectivity index (χ1n) is 13.5. The third-order valence-electron chi connectivity index (χ3n) is 6.73. The molecule has 1 heterocycles. The number of halogens is 1. The third kappa shape index (κ3) is 7.52. The zero-order chi connectivity index (χ0) is 30.1. The Hall–Kier alpha value is -4.70. The molecule has 0 aliphatic heterocycles. The second kappa shape index (κ2) is 14.3. The summed E-state index contributed by atoms with van der Waals surface area (Å²) in [6, 6.07) is 20.4. The highest BCUT2D eigenvalue weighted by Gasteiger charge is 2.17. The molecule has 4 aromatic rings. The second-order valence-corrected chi connectivity index (χ2v) is 10.0. The summed E-state index contributed by atoms with van der Waals surface area (Å²) in [6.45, 7) is 0.194. The molecule has 11 heteroatoms. The molecular weight excluding hydrogens is 560 g/mol. The molecule has 0 bridgehead atoms. The first kappa shape index (κ1) is 30.3. The van der Waals surface area contributed by atoms with Gasteiger partial charge in [0.1, 0.15) is 6.54 Å². The van der Waals surface area contributed by atoms with Gasteiger partial charge in [-0.25, -0.2) is 9.59 Å². The Labute approximate surface area is 246 Å². The summed E-state index contributed by atoms with van der Waals surface area (Å²) in [7, 11) is 1.24. The second-order valence-electron chi connectivity index (χ2n) is 9.61. The molecule has 218 valence electrons. The van der Waals surface area contributed by atoms with Gasteiger partial charge in [-0.15, -0.1) is 0 Å². The Bertz CT molecular complexity index is 1710. The highest BCUT2D eigenvalue weighted by Crippen LogP contribution is 2.16. The lowest BCUT2D eigenvalue weighted by atomic mass is 10.1. The van der Waals surface area contributed by atoms with Crippen molar-refractivity contribution in [3.8, 4) is 0 Å². The first-order chi connectivity index (χ1) is 20.3. The van der Waals surface area contributed by atoms with E-state index in [1.165, 1.54) is 17.7 Å². The van der Waals surface area contributed by atoms with Crippen LogP contribution in [0.3, 0.4) is 0 Å². The number of hydrogen-bond acceptors (Lipinski definition) is 6. The van der Waals surface area contributed by atoms with Crippen LogP contribution in [0.2, 0.25) is 5.02 Å². The topological polar surface area (TPSA) is 128 Å². The minimum atomic E-state index is -0.637. The number of fused-ring (bicyclic) bond motifs is 1. The summed E-state index contributed by atoms with van der Waals surface area (Å²) in [5.41, 5.74) is 0.697. The molecule has 0 spiro atoms. The number of unbranched alkanes of at least 4 members (excludes halogenated alkanes) is 1. The number of esters is 1. The van der Waals surface area contributed by atoms with Gasteiger partial charge in [0.15, 0.2) is 0 Å². The lowest BCUT2D eigenvalue weighted by Crippen LogP contribution is -2.41. The van der Waals surface area contributed by atoms with E-state index in [0.717, 1.165) is 10.1 Å². The molecule has 1 aromatic heterocycles. The standard InChI is InChI=1S/C31H31ClN4O6/c1-42-30(40)23-8-2-4-10-25(23)34-28(38)20-36-26-11-5-3-9-24(26)29(39)35(31(36)41)19-7-6-12-27(37)33-18-17-21-13-15-22(32)16-14-21/h2-5,8-11,13-16H,6-7,12,17-20H2,1H3,(H,33,37)(H,34,38). The smallest absolute Gasteiger partial charge is 0.339 e. The summed E-state index contributed by atoms with van der Waals surface area (Å²) in [4.78, 5) is 63.9. The fourth-order valence-corrected chi connectivity index (χ4v) is 4.70. The number of para-hydroxylation sites is 2. The lowest BCUT2D eigenvalue weighted by molar-refractivity contribution is -0.121. The molecule has 0 aliphatic rings. The molecule has 42 heavy (non-hydrogen) atoms. The predicted octanol–water partition coefficient (Wildman–Crippen LogP) is 3.77. The van der Waals surface area contributed by atoms with Gasteiger partial charge in [-0.3, -0.25) is 23.5 Å². The monoisotopic (exact) mass is 590 g/mol. The lowest BCUT2D eigenvalue weighted by Gasteiger charge is -2.15. The number of nitrogens with one attached hydrogen (secondary N) is 2. The van der Waals surface area contributed by atoms with Crippen LogP contribution >= 0.6 is 11.6 Å². The molecule has 0 saturated heterocycles. The van der Waals surface area contributed by atoms with Gasteiger partial charge in [0, 0.05) is 24.5 Å². The summed E-state index contributed by atoms with van der Waals surface area (Å²) >= 11 is 5.90. The minimum Gasteiger partial charge on any atom is -0.465 e. The van der Waals surface area contributed by atoms with E-state index in [9.17, 15) is 24.0 Å². The molecule has 0 saturated carbocycles. The van der Waals surface area contributed by atoms with Gasteiger partial charge in [0.05, 0.1) is 29.3 Å². The van der Waals surface area contributed by atoms with Crippen molar-refractivity contribution in [3.05, 3.63) is 110 Å². The number of anilines is 1. The van der Waals surface area contributed by atoms with Crippen LogP contribution in [0.15, 0.2) is 82.4 Å². The molecule has 10 nitrogen and oxygen atoms in total. The van der Waals surface area contributed by atoms with Crippen LogP contribution in [0.1, 0.15) is 35.2 Å². The van der Waals surface area contributed by atoms with Crippen LogP contribution < -0.4 is 21.9 Å². The van der Waals surface area contributed by atoms with Gasteiger partial charge < -0.3 is 15.4 Å². The number of nitrogens with zero attached hydrogens (tertiary/aromatic N) is 2. The van der Waals surface area contributed by atoms with E-state index in [4.69, 9.17) is 16.3 Å².